The largest absolute Gasteiger partial charge is 0.418 e. The number of hydrazone groups is 1. The molecule has 0 atom stereocenters. The van der Waals surface area contributed by atoms with Gasteiger partial charge in [0.1, 0.15) is 0 Å². The van der Waals surface area contributed by atoms with Gasteiger partial charge in [-0.05, 0) is 29.8 Å². The summed E-state index contributed by atoms with van der Waals surface area (Å²) >= 11 is 0. The number of hydrogen-bond acceptors (Lipinski definition) is 3. The third-order valence-electron chi connectivity index (χ3n) is 3.04. The molecule has 22 heavy (non-hydrogen) atoms. The van der Waals surface area contributed by atoms with Crippen LogP contribution < -0.4 is 10.3 Å². The van der Waals surface area contributed by atoms with Crippen LogP contribution in [0.25, 0.3) is 0 Å². The van der Waals surface area contributed by atoms with Crippen LogP contribution in [0.3, 0.4) is 0 Å². The quantitative estimate of drug-likeness (QED) is 0.676. The maximum absolute atomic E-state index is 12.8. The highest BCUT2D eigenvalue weighted by atomic mass is 19.4. The van der Waals surface area contributed by atoms with E-state index in [1.54, 1.807) is 0 Å². The van der Waals surface area contributed by atoms with E-state index in [0.29, 0.717) is 0 Å². The fraction of sp³-hybridized carbons (Fsp3) is 0.188. The number of nitrogens with zero attached hydrogens (tertiary/aromatic N) is 2. The molecule has 6 heteroatoms. The monoisotopic (exact) mass is 307 g/mol. The summed E-state index contributed by atoms with van der Waals surface area (Å²) in [5, 5.41) is 3.87. The number of halogens is 3. The first-order valence-corrected chi connectivity index (χ1v) is 6.60. The number of nitrogens with one attached hydrogen (secondary N) is 1. The van der Waals surface area contributed by atoms with Gasteiger partial charge >= 0.3 is 6.18 Å². The van der Waals surface area contributed by atoms with Crippen molar-refractivity contribution in [3.63, 3.8) is 0 Å². The van der Waals surface area contributed by atoms with Gasteiger partial charge in [0.05, 0.1) is 17.5 Å². The Morgan fingerprint density at radius 2 is 1.64 bits per heavy atom. The van der Waals surface area contributed by atoms with E-state index >= 15 is 0 Å². The molecular weight excluding hydrogens is 291 g/mol. The maximum atomic E-state index is 12.8. The predicted octanol–water partition coefficient (Wildman–Crippen LogP) is 4.22. The third-order valence-corrected chi connectivity index (χ3v) is 3.04. The van der Waals surface area contributed by atoms with E-state index < -0.39 is 11.7 Å². The lowest BCUT2D eigenvalue weighted by Gasteiger charge is -2.12. The second-order valence-corrected chi connectivity index (χ2v) is 4.90. The highest BCUT2D eigenvalue weighted by Crippen LogP contribution is 2.34. The molecule has 0 aliphatic rings. The minimum Gasteiger partial charge on any atom is -0.378 e. The average molecular weight is 307 g/mol. The van der Waals surface area contributed by atoms with E-state index in [0.717, 1.165) is 17.3 Å². The highest BCUT2D eigenvalue weighted by Gasteiger charge is 2.33. The molecular formula is C16H16F3N3. The Hall–Kier alpha value is -2.50. The van der Waals surface area contributed by atoms with E-state index in [1.807, 2.05) is 43.3 Å². The molecule has 2 aromatic carbocycles. The molecule has 0 radical (unpaired) electrons. The van der Waals surface area contributed by atoms with Crippen LogP contribution in [-0.2, 0) is 6.18 Å². The van der Waals surface area contributed by atoms with Crippen molar-refractivity contribution in [2.45, 2.75) is 6.18 Å². The van der Waals surface area contributed by atoms with Crippen molar-refractivity contribution in [2.24, 2.45) is 5.10 Å². The summed E-state index contributed by atoms with van der Waals surface area (Å²) in [4.78, 5) is 1.96. The molecule has 0 spiro atoms. The summed E-state index contributed by atoms with van der Waals surface area (Å²) in [6, 6.07) is 12.7. The normalized spacial score (nSPS) is 11.7. The number of para-hydroxylation sites is 1. The molecule has 116 valence electrons. The second kappa shape index (κ2) is 6.51. The molecule has 0 aliphatic carbocycles. The van der Waals surface area contributed by atoms with Gasteiger partial charge in [0.25, 0.3) is 0 Å². The van der Waals surface area contributed by atoms with Crippen molar-refractivity contribution in [3.8, 4) is 0 Å². The minimum absolute atomic E-state index is 0.0730. The van der Waals surface area contributed by atoms with Crippen LogP contribution in [0.5, 0.6) is 0 Å². The van der Waals surface area contributed by atoms with Gasteiger partial charge in [-0.1, -0.05) is 24.3 Å². The third kappa shape index (κ3) is 4.00. The molecule has 0 heterocycles. The molecule has 0 unspecified atom stereocenters. The maximum Gasteiger partial charge on any atom is 0.418 e. The molecule has 1 N–H and O–H groups in total. The lowest BCUT2D eigenvalue weighted by atomic mass is 10.2. The number of alkyl halides is 3. The van der Waals surface area contributed by atoms with Crippen LogP contribution in [-0.4, -0.2) is 20.3 Å². The molecule has 0 aromatic heterocycles. The van der Waals surface area contributed by atoms with Gasteiger partial charge in [-0.3, -0.25) is 5.43 Å². The van der Waals surface area contributed by atoms with E-state index in [-0.39, 0.29) is 5.69 Å². The molecule has 2 aromatic rings. The first-order chi connectivity index (χ1) is 10.4. The van der Waals surface area contributed by atoms with Gasteiger partial charge in [-0.25, -0.2) is 0 Å². The van der Waals surface area contributed by atoms with Crippen molar-refractivity contribution in [2.75, 3.05) is 24.4 Å². The summed E-state index contributed by atoms with van der Waals surface area (Å²) in [7, 11) is 3.86. The topological polar surface area (TPSA) is 27.6 Å². The number of benzene rings is 2. The first kappa shape index (κ1) is 15.9. The van der Waals surface area contributed by atoms with E-state index in [2.05, 4.69) is 10.5 Å². The van der Waals surface area contributed by atoms with Crippen molar-refractivity contribution in [3.05, 3.63) is 59.7 Å². The average Bonchev–Trinajstić information content (AvgIpc) is 2.47. The van der Waals surface area contributed by atoms with Gasteiger partial charge in [0, 0.05) is 19.8 Å². The highest BCUT2D eigenvalue weighted by molar-refractivity contribution is 5.81. The second-order valence-electron chi connectivity index (χ2n) is 4.90. The number of hydrogen-bond donors (Lipinski definition) is 1. The number of anilines is 2. The standard InChI is InChI=1S/C16H16F3N3/c1-22(2)13-9-7-12(8-10-13)11-20-21-15-6-4-3-5-14(15)16(17,18)19/h3-11,21H,1-2H3/b20-11-. The Kier molecular flexibility index (Phi) is 4.70. The van der Waals surface area contributed by atoms with E-state index in [9.17, 15) is 13.2 Å². The van der Waals surface area contributed by atoms with Gasteiger partial charge < -0.3 is 4.90 Å². The zero-order chi connectivity index (χ0) is 16.2. The Bertz CT molecular complexity index is 646. The molecule has 3 nitrogen and oxygen atoms in total. The van der Waals surface area contributed by atoms with E-state index in [1.165, 1.54) is 24.4 Å². The van der Waals surface area contributed by atoms with Gasteiger partial charge in [-0.2, -0.15) is 18.3 Å². The summed E-state index contributed by atoms with van der Waals surface area (Å²) < 4.78 is 38.5. The molecule has 0 fully saturated rings. The summed E-state index contributed by atoms with van der Waals surface area (Å²) in [6.07, 6.45) is -2.93. The van der Waals surface area contributed by atoms with Crippen LogP contribution in [0, 0.1) is 0 Å². The SMILES string of the molecule is CN(C)c1ccc(/C=N\Nc2ccccc2C(F)(F)F)cc1. The molecule has 0 amide bonds. The number of rotatable bonds is 4. The van der Waals surface area contributed by atoms with Gasteiger partial charge in [0.2, 0.25) is 0 Å². The smallest absolute Gasteiger partial charge is 0.378 e. The van der Waals surface area contributed by atoms with Crippen LogP contribution >= 0.6 is 0 Å². The fourth-order valence-corrected chi connectivity index (χ4v) is 1.86. The van der Waals surface area contributed by atoms with Gasteiger partial charge in [-0.15, -0.1) is 0 Å². The van der Waals surface area contributed by atoms with E-state index in [4.69, 9.17) is 0 Å². The Balaban J connectivity index is 2.10. The Morgan fingerprint density at radius 3 is 2.23 bits per heavy atom. The predicted molar refractivity (Wildman–Crippen MR) is 83.4 cm³/mol. The molecule has 0 saturated carbocycles. The Morgan fingerprint density at radius 1 is 1.00 bits per heavy atom. The van der Waals surface area contributed by atoms with Crippen LogP contribution in [0.4, 0.5) is 24.5 Å². The zero-order valence-corrected chi connectivity index (χ0v) is 12.2. The van der Waals surface area contributed by atoms with Crippen molar-refractivity contribution in [1.82, 2.24) is 0 Å². The summed E-state index contributed by atoms with van der Waals surface area (Å²) in [6.45, 7) is 0. The zero-order valence-electron chi connectivity index (χ0n) is 12.2. The molecule has 0 bridgehead atoms. The summed E-state index contributed by atoms with van der Waals surface area (Å²) in [5.74, 6) is 0. The summed E-state index contributed by atoms with van der Waals surface area (Å²) in [5.41, 5.74) is 3.46. The minimum atomic E-state index is -4.41. The molecule has 0 saturated heterocycles. The lowest BCUT2D eigenvalue weighted by molar-refractivity contribution is -0.136. The van der Waals surface area contributed by atoms with Crippen LogP contribution in [0.15, 0.2) is 53.6 Å². The van der Waals surface area contributed by atoms with Crippen LogP contribution in [0.1, 0.15) is 11.1 Å². The first-order valence-electron chi connectivity index (χ1n) is 6.60. The fourth-order valence-electron chi connectivity index (χ4n) is 1.86. The van der Waals surface area contributed by atoms with Crippen molar-refractivity contribution >= 4 is 17.6 Å². The lowest BCUT2D eigenvalue weighted by Crippen LogP contribution is -2.08. The van der Waals surface area contributed by atoms with Crippen molar-refractivity contribution in [1.29, 1.82) is 0 Å². The molecule has 2 rings (SSSR count). The molecule has 0 aliphatic heterocycles. The van der Waals surface area contributed by atoms with Crippen LogP contribution in [0.2, 0.25) is 0 Å². The van der Waals surface area contributed by atoms with Gasteiger partial charge in [0.15, 0.2) is 0 Å². The van der Waals surface area contributed by atoms with Crippen molar-refractivity contribution < 1.29 is 13.2 Å². The Labute approximate surface area is 127 Å².